The molecule has 1 heterocycles. The number of aryl methyl sites for hydroxylation is 1. The minimum absolute atomic E-state index is 0.0805. The highest BCUT2D eigenvalue weighted by Gasteiger charge is 2.13. The van der Waals surface area contributed by atoms with Crippen molar-refractivity contribution >= 4 is 10.8 Å². The summed E-state index contributed by atoms with van der Waals surface area (Å²) in [6.45, 7) is 0.0805. The zero-order chi connectivity index (χ0) is 13.9. The highest BCUT2D eigenvalue weighted by Crippen LogP contribution is 2.28. The number of nitrogens with zero attached hydrogens (tertiary/aromatic N) is 2. The molecule has 0 unspecified atom stereocenters. The highest BCUT2D eigenvalue weighted by atomic mass is 19.1. The Bertz CT molecular complexity index is 740. The molecule has 3 aromatic rings. The van der Waals surface area contributed by atoms with Crippen LogP contribution in [0, 0.1) is 5.82 Å². The Labute approximate surface area is 114 Å². The lowest BCUT2D eigenvalue weighted by Crippen LogP contribution is -1.90. The summed E-state index contributed by atoms with van der Waals surface area (Å²) in [4.78, 5) is 4.29. The van der Waals surface area contributed by atoms with Gasteiger partial charge >= 0.3 is 0 Å². The van der Waals surface area contributed by atoms with Crippen LogP contribution in [0.15, 0.2) is 40.9 Å². The Kier molecular flexibility index (Phi) is 3.43. The van der Waals surface area contributed by atoms with Crippen molar-refractivity contribution < 1.29 is 14.0 Å². The van der Waals surface area contributed by atoms with Crippen molar-refractivity contribution in [2.24, 2.45) is 0 Å². The van der Waals surface area contributed by atoms with Gasteiger partial charge in [-0.15, -0.1) is 0 Å². The van der Waals surface area contributed by atoms with Gasteiger partial charge in [0.05, 0.1) is 0 Å². The van der Waals surface area contributed by atoms with Gasteiger partial charge in [0.2, 0.25) is 11.7 Å². The van der Waals surface area contributed by atoms with Crippen LogP contribution in [0.4, 0.5) is 4.39 Å². The molecule has 0 aliphatic rings. The van der Waals surface area contributed by atoms with Crippen molar-refractivity contribution in [3.63, 3.8) is 0 Å². The van der Waals surface area contributed by atoms with Gasteiger partial charge in [-0.2, -0.15) is 4.98 Å². The molecule has 3 rings (SSSR count). The quantitative estimate of drug-likeness (QED) is 0.793. The predicted octanol–water partition coefficient (Wildman–Crippen LogP) is 2.95. The van der Waals surface area contributed by atoms with Crippen LogP contribution in [0.5, 0.6) is 0 Å². The average molecular weight is 272 g/mol. The molecule has 102 valence electrons. The molecule has 0 radical (unpaired) electrons. The fraction of sp³-hybridized carbons (Fsp3) is 0.200. The van der Waals surface area contributed by atoms with E-state index >= 15 is 0 Å². The van der Waals surface area contributed by atoms with E-state index in [1.165, 1.54) is 6.07 Å². The van der Waals surface area contributed by atoms with Crippen molar-refractivity contribution in [1.82, 2.24) is 10.1 Å². The van der Waals surface area contributed by atoms with E-state index in [0.717, 1.165) is 10.9 Å². The molecule has 0 amide bonds. The molecule has 0 fully saturated rings. The molecular formula is C15H13FN2O2. The molecule has 0 saturated carbocycles. The normalized spacial score (nSPS) is 11.1. The molecule has 0 aliphatic carbocycles. The summed E-state index contributed by atoms with van der Waals surface area (Å²) >= 11 is 0. The first-order valence-electron chi connectivity index (χ1n) is 6.40. The smallest absolute Gasteiger partial charge is 0.227 e. The van der Waals surface area contributed by atoms with E-state index < -0.39 is 0 Å². The molecule has 0 bridgehead atoms. The van der Waals surface area contributed by atoms with Gasteiger partial charge < -0.3 is 9.63 Å². The molecule has 5 heteroatoms. The first-order chi connectivity index (χ1) is 9.79. The Hall–Kier alpha value is -2.27. The van der Waals surface area contributed by atoms with Gasteiger partial charge in [-0.3, -0.25) is 0 Å². The maximum absolute atomic E-state index is 13.8. The Balaban J connectivity index is 2.06. The lowest BCUT2D eigenvalue weighted by Gasteiger charge is -2.03. The monoisotopic (exact) mass is 272 g/mol. The van der Waals surface area contributed by atoms with Crippen molar-refractivity contribution in [2.45, 2.75) is 12.8 Å². The van der Waals surface area contributed by atoms with Crippen LogP contribution in [-0.2, 0) is 6.42 Å². The van der Waals surface area contributed by atoms with Gasteiger partial charge in [-0.25, -0.2) is 4.39 Å². The van der Waals surface area contributed by atoms with Crippen LogP contribution >= 0.6 is 0 Å². The van der Waals surface area contributed by atoms with E-state index in [2.05, 4.69) is 10.1 Å². The van der Waals surface area contributed by atoms with E-state index in [1.807, 2.05) is 12.1 Å². The third-order valence-electron chi connectivity index (χ3n) is 3.13. The molecule has 2 aromatic carbocycles. The maximum Gasteiger partial charge on any atom is 0.227 e. The fourth-order valence-corrected chi connectivity index (χ4v) is 2.15. The number of aliphatic hydroxyl groups excluding tert-OH is 1. The van der Waals surface area contributed by atoms with Crippen molar-refractivity contribution in [3.05, 3.63) is 48.1 Å². The summed E-state index contributed by atoms with van der Waals surface area (Å²) in [5.74, 6) is 0.643. The summed E-state index contributed by atoms with van der Waals surface area (Å²) < 4.78 is 18.9. The van der Waals surface area contributed by atoms with E-state index in [-0.39, 0.29) is 12.4 Å². The van der Waals surface area contributed by atoms with Crippen LogP contribution in [0.1, 0.15) is 12.3 Å². The van der Waals surface area contributed by atoms with Gasteiger partial charge in [0.1, 0.15) is 5.82 Å². The number of hydrogen-bond acceptors (Lipinski definition) is 4. The summed E-state index contributed by atoms with van der Waals surface area (Å²) in [5, 5.41) is 14.0. The Morgan fingerprint density at radius 2 is 1.90 bits per heavy atom. The van der Waals surface area contributed by atoms with E-state index in [4.69, 9.17) is 9.63 Å². The second kappa shape index (κ2) is 5.38. The second-order valence-corrected chi connectivity index (χ2v) is 4.48. The zero-order valence-corrected chi connectivity index (χ0v) is 10.7. The third kappa shape index (κ3) is 2.28. The SMILES string of the molecule is OCCCc1nc(-c2ccc(F)c3ccccc23)no1. The van der Waals surface area contributed by atoms with Gasteiger partial charge in [0.25, 0.3) is 0 Å². The Morgan fingerprint density at radius 1 is 1.10 bits per heavy atom. The molecule has 0 saturated heterocycles. The molecule has 0 spiro atoms. The third-order valence-corrected chi connectivity index (χ3v) is 3.13. The molecule has 0 atom stereocenters. The standard InChI is InChI=1S/C15H13FN2O2/c16-13-8-7-12(10-4-1-2-5-11(10)13)15-17-14(20-18-15)6-3-9-19/h1-2,4-5,7-8,19H,3,6,9H2. The number of aliphatic hydroxyl groups is 1. The first kappa shape index (κ1) is 12.7. The van der Waals surface area contributed by atoms with E-state index in [0.29, 0.717) is 29.9 Å². The summed E-state index contributed by atoms with van der Waals surface area (Å²) in [6.07, 6.45) is 1.11. The summed E-state index contributed by atoms with van der Waals surface area (Å²) in [7, 11) is 0. The molecular weight excluding hydrogens is 259 g/mol. The topological polar surface area (TPSA) is 59.2 Å². The van der Waals surface area contributed by atoms with E-state index in [9.17, 15) is 4.39 Å². The first-order valence-corrected chi connectivity index (χ1v) is 6.40. The number of hydrogen-bond donors (Lipinski definition) is 1. The Morgan fingerprint density at radius 3 is 2.70 bits per heavy atom. The number of rotatable bonds is 4. The van der Waals surface area contributed by atoms with Crippen molar-refractivity contribution in [1.29, 1.82) is 0 Å². The second-order valence-electron chi connectivity index (χ2n) is 4.48. The number of fused-ring (bicyclic) bond motifs is 1. The molecule has 4 nitrogen and oxygen atoms in total. The van der Waals surface area contributed by atoms with Crippen LogP contribution < -0.4 is 0 Å². The van der Waals surface area contributed by atoms with E-state index in [1.54, 1.807) is 18.2 Å². The highest BCUT2D eigenvalue weighted by molar-refractivity contribution is 5.95. The average Bonchev–Trinajstić information content (AvgIpc) is 2.94. The lowest BCUT2D eigenvalue weighted by molar-refractivity contribution is 0.278. The fourth-order valence-electron chi connectivity index (χ4n) is 2.15. The van der Waals surface area contributed by atoms with Gasteiger partial charge in [-0.05, 0) is 23.9 Å². The van der Waals surface area contributed by atoms with Gasteiger partial charge in [0.15, 0.2) is 0 Å². The molecule has 1 aromatic heterocycles. The molecule has 0 aliphatic heterocycles. The van der Waals surface area contributed by atoms with Crippen LogP contribution in [0.25, 0.3) is 22.2 Å². The largest absolute Gasteiger partial charge is 0.396 e. The van der Waals surface area contributed by atoms with Gasteiger partial charge in [-0.1, -0.05) is 29.4 Å². The number of aromatic nitrogens is 2. The minimum atomic E-state index is -0.270. The summed E-state index contributed by atoms with van der Waals surface area (Å²) in [6, 6.07) is 10.2. The number of benzene rings is 2. The number of halogens is 1. The van der Waals surface area contributed by atoms with Crippen LogP contribution in [0.3, 0.4) is 0 Å². The van der Waals surface area contributed by atoms with Crippen LogP contribution in [0.2, 0.25) is 0 Å². The maximum atomic E-state index is 13.8. The molecule has 1 N–H and O–H groups in total. The van der Waals surface area contributed by atoms with Gasteiger partial charge in [0, 0.05) is 24.0 Å². The lowest BCUT2D eigenvalue weighted by atomic mass is 10.0. The molecule has 20 heavy (non-hydrogen) atoms. The van der Waals surface area contributed by atoms with Crippen molar-refractivity contribution in [2.75, 3.05) is 6.61 Å². The minimum Gasteiger partial charge on any atom is -0.396 e. The predicted molar refractivity (Wildman–Crippen MR) is 72.6 cm³/mol. The van der Waals surface area contributed by atoms with Crippen molar-refractivity contribution in [3.8, 4) is 11.4 Å². The summed E-state index contributed by atoms with van der Waals surface area (Å²) in [5.41, 5.74) is 0.737. The van der Waals surface area contributed by atoms with Crippen LogP contribution in [-0.4, -0.2) is 21.9 Å². The zero-order valence-electron chi connectivity index (χ0n) is 10.7.